The van der Waals surface area contributed by atoms with Gasteiger partial charge in [0.1, 0.15) is 0 Å². The van der Waals surface area contributed by atoms with Gasteiger partial charge in [-0.3, -0.25) is 4.79 Å². The lowest BCUT2D eigenvalue weighted by molar-refractivity contribution is 0.102. The normalized spacial score (nSPS) is 14.9. The van der Waals surface area contributed by atoms with Gasteiger partial charge in [0, 0.05) is 43.6 Å². The Morgan fingerprint density at radius 3 is 2.41 bits per heavy atom. The molecule has 0 radical (unpaired) electrons. The zero-order valence-corrected chi connectivity index (χ0v) is 18.5. The van der Waals surface area contributed by atoms with Crippen molar-refractivity contribution in [1.82, 2.24) is 4.31 Å². The standard InChI is InChI=1S/C21H26ClN3O3S/c1-15-7-8-16(22)13-19(15)23-21(26)18-14-17(29(27,28)24(2)3)9-10-20(18)25-11-5-4-6-12-25/h7-10,13-14H,4-6,11-12H2,1-3H3,(H,23,26). The minimum atomic E-state index is -3.65. The summed E-state index contributed by atoms with van der Waals surface area (Å²) >= 11 is 6.07. The molecule has 29 heavy (non-hydrogen) atoms. The maximum Gasteiger partial charge on any atom is 0.257 e. The monoisotopic (exact) mass is 435 g/mol. The number of nitrogens with one attached hydrogen (secondary N) is 1. The van der Waals surface area contributed by atoms with E-state index in [4.69, 9.17) is 11.6 Å². The van der Waals surface area contributed by atoms with E-state index in [2.05, 4.69) is 10.2 Å². The molecule has 1 aliphatic rings. The van der Waals surface area contributed by atoms with Gasteiger partial charge >= 0.3 is 0 Å². The molecule has 1 fully saturated rings. The van der Waals surface area contributed by atoms with Gasteiger partial charge in [0.15, 0.2) is 0 Å². The first-order valence-corrected chi connectivity index (χ1v) is 11.4. The van der Waals surface area contributed by atoms with Gasteiger partial charge in [-0.15, -0.1) is 0 Å². The van der Waals surface area contributed by atoms with Crippen LogP contribution in [0.25, 0.3) is 0 Å². The van der Waals surface area contributed by atoms with Crippen molar-refractivity contribution in [3.8, 4) is 0 Å². The summed E-state index contributed by atoms with van der Waals surface area (Å²) in [6, 6.07) is 10.1. The van der Waals surface area contributed by atoms with Crippen molar-refractivity contribution in [2.45, 2.75) is 31.1 Å². The number of benzene rings is 2. The van der Waals surface area contributed by atoms with E-state index in [1.807, 2.05) is 13.0 Å². The maximum atomic E-state index is 13.2. The highest BCUT2D eigenvalue weighted by Crippen LogP contribution is 2.29. The third-order valence-electron chi connectivity index (χ3n) is 5.14. The van der Waals surface area contributed by atoms with Crippen LogP contribution in [0.2, 0.25) is 5.02 Å². The minimum absolute atomic E-state index is 0.0937. The van der Waals surface area contributed by atoms with Crippen LogP contribution >= 0.6 is 11.6 Å². The second-order valence-electron chi connectivity index (χ2n) is 7.43. The Bertz CT molecular complexity index is 1020. The Morgan fingerprint density at radius 1 is 1.07 bits per heavy atom. The third-order valence-corrected chi connectivity index (χ3v) is 7.18. The van der Waals surface area contributed by atoms with E-state index >= 15 is 0 Å². The van der Waals surface area contributed by atoms with Gasteiger partial charge < -0.3 is 10.2 Å². The van der Waals surface area contributed by atoms with Gasteiger partial charge in [-0.05, 0) is 62.1 Å². The molecule has 0 saturated carbocycles. The fourth-order valence-corrected chi connectivity index (χ4v) is 4.50. The molecule has 8 heteroatoms. The maximum absolute atomic E-state index is 13.2. The van der Waals surface area contributed by atoms with E-state index in [-0.39, 0.29) is 10.8 Å². The minimum Gasteiger partial charge on any atom is -0.371 e. The van der Waals surface area contributed by atoms with Crippen LogP contribution in [-0.2, 0) is 10.0 Å². The molecular formula is C21H26ClN3O3S. The molecule has 1 heterocycles. The van der Waals surface area contributed by atoms with Gasteiger partial charge in [-0.2, -0.15) is 0 Å². The second-order valence-corrected chi connectivity index (χ2v) is 10.0. The zero-order valence-electron chi connectivity index (χ0n) is 16.9. The van der Waals surface area contributed by atoms with Crippen LogP contribution in [0.4, 0.5) is 11.4 Å². The van der Waals surface area contributed by atoms with E-state index in [9.17, 15) is 13.2 Å². The second kappa shape index (κ2) is 8.73. The van der Waals surface area contributed by atoms with Crippen LogP contribution in [-0.4, -0.2) is 45.8 Å². The van der Waals surface area contributed by atoms with Gasteiger partial charge in [-0.25, -0.2) is 12.7 Å². The number of rotatable bonds is 5. The Labute approximate surface area is 177 Å². The Morgan fingerprint density at radius 2 is 1.76 bits per heavy atom. The smallest absolute Gasteiger partial charge is 0.257 e. The number of nitrogens with zero attached hydrogens (tertiary/aromatic N) is 2. The van der Waals surface area contributed by atoms with E-state index in [0.29, 0.717) is 16.3 Å². The fourth-order valence-electron chi connectivity index (χ4n) is 3.40. The van der Waals surface area contributed by atoms with Crippen molar-refractivity contribution in [3.05, 3.63) is 52.5 Å². The highest BCUT2D eigenvalue weighted by atomic mass is 35.5. The molecule has 1 N–H and O–H groups in total. The number of sulfonamides is 1. The summed E-state index contributed by atoms with van der Waals surface area (Å²) < 4.78 is 26.4. The number of aryl methyl sites for hydroxylation is 1. The fraction of sp³-hybridized carbons (Fsp3) is 0.381. The highest BCUT2D eigenvalue weighted by molar-refractivity contribution is 7.89. The molecule has 0 unspecified atom stereocenters. The van der Waals surface area contributed by atoms with Gasteiger partial charge in [0.25, 0.3) is 5.91 Å². The van der Waals surface area contributed by atoms with E-state index in [1.165, 1.54) is 20.2 Å². The van der Waals surface area contributed by atoms with Crippen molar-refractivity contribution in [1.29, 1.82) is 0 Å². The van der Waals surface area contributed by atoms with Gasteiger partial charge in [0.2, 0.25) is 10.0 Å². The molecular weight excluding hydrogens is 410 g/mol. The lowest BCUT2D eigenvalue weighted by Crippen LogP contribution is -2.32. The Balaban J connectivity index is 2.04. The quantitative estimate of drug-likeness (QED) is 0.766. The van der Waals surface area contributed by atoms with E-state index < -0.39 is 10.0 Å². The summed E-state index contributed by atoms with van der Waals surface area (Å²) in [5.74, 6) is -0.355. The van der Waals surface area contributed by atoms with Crippen LogP contribution in [0.1, 0.15) is 35.2 Å². The van der Waals surface area contributed by atoms with Gasteiger partial charge in [-0.1, -0.05) is 17.7 Å². The summed E-state index contributed by atoms with van der Waals surface area (Å²) in [6.45, 7) is 3.57. The summed E-state index contributed by atoms with van der Waals surface area (Å²) in [7, 11) is -0.704. The molecule has 1 aliphatic heterocycles. The molecule has 156 valence electrons. The molecule has 1 amide bonds. The Hall–Kier alpha value is -2.09. The van der Waals surface area contributed by atoms with Gasteiger partial charge in [0.05, 0.1) is 10.5 Å². The molecule has 3 rings (SSSR count). The number of hydrogen-bond donors (Lipinski definition) is 1. The molecule has 0 aliphatic carbocycles. The Kier molecular flexibility index (Phi) is 6.51. The first-order valence-electron chi connectivity index (χ1n) is 9.59. The van der Waals surface area contributed by atoms with Crippen LogP contribution in [0.5, 0.6) is 0 Å². The van der Waals surface area contributed by atoms with Crippen molar-refractivity contribution in [3.63, 3.8) is 0 Å². The molecule has 1 saturated heterocycles. The summed E-state index contributed by atoms with van der Waals surface area (Å²) in [5, 5.41) is 3.42. The average Bonchev–Trinajstić information content (AvgIpc) is 2.70. The summed E-state index contributed by atoms with van der Waals surface area (Å²) in [5.41, 5.74) is 2.57. The molecule has 6 nitrogen and oxygen atoms in total. The van der Waals surface area contributed by atoms with Crippen LogP contribution in [0, 0.1) is 6.92 Å². The van der Waals surface area contributed by atoms with Crippen molar-refractivity contribution < 1.29 is 13.2 Å². The first-order chi connectivity index (χ1) is 13.7. The number of anilines is 2. The van der Waals surface area contributed by atoms with Crippen molar-refractivity contribution in [2.75, 3.05) is 37.4 Å². The lowest BCUT2D eigenvalue weighted by Gasteiger charge is -2.30. The number of carbonyl (C=O) groups excluding carboxylic acids is 1. The van der Waals surface area contributed by atoms with Crippen molar-refractivity contribution >= 4 is 38.9 Å². The number of piperidine rings is 1. The number of hydrogen-bond acceptors (Lipinski definition) is 4. The largest absolute Gasteiger partial charge is 0.371 e. The molecule has 0 aromatic heterocycles. The summed E-state index contributed by atoms with van der Waals surface area (Å²) in [6.07, 6.45) is 3.26. The molecule has 0 spiro atoms. The summed E-state index contributed by atoms with van der Waals surface area (Å²) in [4.78, 5) is 15.4. The van der Waals surface area contributed by atoms with Crippen LogP contribution in [0.15, 0.2) is 41.3 Å². The zero-order chi connectivity index (χ0) is 21.2. The molecule has 2 aromatic carbocycles. The predicted molar refractivity (Wildman–Crippen MR) is 118 cm³/mol. The predicted octanol–water partition coefficient (Wildman–Crippen LogP) is 4.14. The molecule has 0 bridgehead atoms. The van der Waals surface area contributed by atoms with Crippen LogP contribution < -0.4 is 10.2 Å². The van der Waals surface area contributed by atoms with Crippen LogP contribution in [0.3, 0.4) is 0 Å². The number of halogens is 1. The lowest BCUT2D eigenvalue weighted by atomic mass is 10.1. The van der Waals surface area contributed by atoms with E-state index in [0.717, 1.165) is 47.9 Å². The molecule has 0 atom stereocenters. The average molecular weight is 436 g/mol. The number of amides is 1. The number of carbonyl (C=O) groups is 1. The first kappa shape index (κ1) is 21.6. The highest BCUT2D eigenvalue weighted by Gasteiger charge is 2.24. The molecule has 2 aromatic rings. The SMILES string of the molecule is Cc1ccc(Cl)cc1NC(=O)c1cc(S(=O)(=O)N(C)C)ccc1N1CCCCC1. The third kappa shape index (κ3) is 4.74. The topological polar surface area (TPSA) is 69.7 Å². The van der Waals surface area contributed by atoms with Crippen molar-refractivity contribution in [2.24, 2.45) is 0 Å². The van der Waals surface area contributed by atoms with E-state index in [1.54, 1.807) is 24.3 Å².